The Morgan fingerprint density at radius 1 is 1.00 bits per heavy atom. The molecule has 8 heteroatoms. The van der Waals surface area contributed by atoms with Gasteiger partial charge in [0.1, 0.15) is 5.58 Å². The Balaban J connectivity index is 1.67. The first-order valence-corrected chi connectivity index (χ1v) is 12.1. The molecule has 5 rings (SSSR count). The normalized spacial score (nSPS) is 14.9. The number of nitrogens with zero attached hydrogens (tertiary/aromatic N) is 3. The molecule has 184 valence electrons. The van der Waals surface area contributed by atoms with Crippen LogP contribution in [0.25, 0.3) is 11.0 Å². The van der Waals surface area contributed by atoms with Crippen molar-refractivity contribution in [2.45, 2.75) is 33.2 Å². The summed E-state index contributed by atoms with van der Waals surface area (Å²) in [6.45, 7) is 7.16. The van der Waals surface area contributed by atoms with Gasteiger partial charge in [-0.25, -0.2) is 9.97 Å². The first-order chi connectivity index (χ1) is 17.5. The van der Waals surface area contributed by atoms with Crippen molar-refractivity contribution in [3.05, 3.63) is 88.0 Å². The molecule has 2 aromatic carbocycles. The highest BCUT2D eigenvalue weighted by Gasteiger charge is 2.45. The van der Waals surface area contributed by atoms with Gasteiger partial charge in [0.2, 0.25) is 11.7 Å². The molecule has 0 radical (unpaired) electrons. The summed E-state index contributed by atoms with van der Waals surface area (Å²) in [7, 11) is 0. The predicted octanol–water partition coefficient (Wildman–Crippen LogP) is 5.16. The molecule has 0 bridgehead atoms. The third kappa shape index (κ3) is 4.19. The topological polar surface area (TPSA) is 94.8 Å². The molecular weight excluding hydrogens is 458 g/mol. The van der Waals surface area contributed by atoms with E-state index in [0.717, 1.165) is 6.42 Å². The minimum atomic E-state index is -0.792. The third-order valence-corrected chi connectivity index (χ3v) is 6.08. The summed E-state index contributed by atoms with van der Waals surface area (Å²) in [6, 6.07) is 13.2. The molecule has 3 heterocycles. The first kappa shape index (κ1) is 23.5. The molecule has 0 fully saturated rings. The maximum Gasteiger partial charge on any atom is 0.297 e. The number of hydrogen-bond donors (Lipinski definition) is 0. The Hall–Kier alpha value is -4.20. The van der Waals surface area contributed by atoms with E-state index in [1.54, 1.807) is 42.7 Å². The lowest BCUT2D eigenvalue weighted by Gasteiger charge is -2.24. The molecule has 0 spiro atoms. The molecule has 1 unspecified atom stereocenters. The van der Waals surface area contributed by atoms with Gasteiger partial charge in [-0.2, -0.15) is 0 Å². The highest BCUT2D eigenvalue weighted by molar-refractivity contribution is 6.09. The molecule has 4 aromatic rings. The van der Waals surface area contributed by atoms with E-state index < -0.39 is 11.9 Å². The molecule has 2 aromatic heterocycles. The van der Waals surface area contributed by atoms with Crippen LogP contribution in [-0.4, -0.2) is 29.1 Å². The molecule has 1 amide bonds. The number of hydrogen-bond acceptors (Lipinski definition) is 7. The summed E-state index contributed by atoms with van der Waals surface area (Å²) >= 11 is 0. The molecule has 1 aliphatic heterocycles. The fourth-order valence-corrected chi connectivity index (χ4v) is 4.34. The maximum absolute atomic E-state index is 13.7. The van der Waals surface area contributed by atoms with Crippen LogP contribution in [0.2, 0.25) is 0 Å². The fraction of sp³-hybridized carbons (Fsp3) is 0.286. The molecule has 1 aliphatic rings. The van der Waals surface area contributed by atoms with Gasteiger partial charge in [-0.1, -0.05) is 32.0 Å². The van der Waals surface area contributed by atoms with Crippen LogP contribution in [0.4, 0.5) is 5.95 Å². The number of amides is 1. The lowest BCUT2D eigenvalue weighted by Crippen LogP contribution is -2.31. The monoisotopic (exact) mass is 485 g/mol. The maximum atomic E-state index is 13.7. The zero-order chi connectivity index (χ0) is 25.2. The van der Waals surface area contributed by atoms with Gasteiger partial charge < -0.3 is 13.9 Å². The van der Waals surface area contributed by atoms with Crippen LogP contribution in [-0.2, 0) is 0 Å². The Kier molecular flexibility index (Phi) is 6.41. The van der Waals surface area contributed by atoms with Gasteiger partial charge in [0.25, 0.3) is 5.91 Å². The van der Waals surface area contributed by atoms with E-state index in [4.69, 9.17) is 13.9 Å². The average Bonchev–Trinajstić information content (AvgIpc) is 3.18. The van der Waals surface area contributed by atoms with Crippen molar-refractivity contribution in [2.24, 2.45) is 5.92 Å². The summed E-state index contributed by atoms with van der Waals surface area (Å²) in [5.41, 5.74) is 1.01. The van der Waals surface area contributed by atoms with E-state index in [2.05, 4.69) is 23.8 Å². The van der Waals surface area contributed by atoms with Crippen molar-refractivity contribution in [1.82, 2.24) is 9.97 Å². The summed E-state index contributed by atoms with van der Waals surface area (Å²) in [5, 5.41) is 0.406. The first-order valence-electron chi connectivity index (χ1n) is 12.1. The van der Waals surface area contributed by atoms with Gasteiger partial charge >= 0.3 is 0 Å². The van der Waals surface area contributed by atoms with E-state index in [1.807, 2.05) is 25.1 Å². The number of rotatable bonds is 8. The number of fused-ring (bicyclic) bond motifs is 2. The van der Waals surface area contributed by atoms with E-state index in [-0.39, 0.29) is 22.7 Å². The van der Waals surface area contributed by atoms with Crippen molar-refractivity contribution in [3.63, 3.8) is 0 Å². The molecule has 0 N–H and O–H groups in total. The Bertz CT molecular complexity index is 1470. The van der Waals surface area contributed by atoms with Crippen LogP contribution < -0.4 is 19.8 Å². The van der Waals surface area contributed by atoms with E-state index in [1.165, 1.54) is 4.90 Å². The number of carbonyl (C=O) groups excluding carboxylic acids is 1. The molecule has 0 aliphatic carbocycles. The zero-order valence-electron chi connectivity index (χ0n) is 20.4. The number of benzene rings is 2. The molecule has 8 nitrogen and oxygen atoms in total. The van der Waals surface area contributed by atoms with Crippen LogP contribution in [0.15, 0.2) is 70.1 Å². The van der Waals surface area contributed by atoms with Crippen LogP contribution in [0.1, 0.15) is 54.9 Å². The second-order valence-electron chi connectivity index (χ2n) is 8.97. The Labute approximate surface area is 208 Å². The Morgan fingerprint density at radius 2 is 1.78 bits per heavy atom. The predicted molar refractivity (Wildman–Crippen MR) is 136 cm³/mol. The molecule has 0 saturated carbocycles. The number of anilines is 1. The van der Waals surface area contributed by atoms with Gasteiger partial charge in [0, 0.05) is 12.4 Å². The highest BCUT2D eigenvalue weighted by Crippen LogP contribution is 2.42. The van der Waals surface area contributed by atoms with Crippen LogP contribution in [0, 0.1) is 5.92 Å². The van der Waals surface area contributed by atoms with E-state index in [9.17, 15) is 9.59 Å². The number of carbonyl (C=O) groups is 1. The molecule has 0 saturated heterocycles. The second kappa shape index (κ2) is 9.81. The van der Waals surface area contributed by atoms with Gasteiger partial charge in [-0.15, -0.1) is 0 Å². The van der Waals surface area contributed by atoms with Crippen LogP contribution >= 0.6 is 0 Å². The van der Waals surface area contributed by atoms with Crippen molar-refractivity contribution in [3.8, 4) is 11.5 Å². The molecule has 36 heavy (non-hydrogen) atoms. The van der Waals surface area contributed by atoms with E-state index in [0.29, 0.717) is 47.2 Å². The van der Waals surface area contributed by atoms with Crippen LogP contribution in [0.5, 0.6) is 11.5 Å². The van der Waals surface area contributed by atoms with Crippen molar-refractivity contribution < 1.29 is 18.7 Å². The average molecular weight is 486 g/mol. The van der Waals surface area contributed by atoms with Crippen molar-refractivity contribution in [1.29, 1.82) is 0 Å². The number of para-hydroxylation sites is 1. The second-order valence-corrected chi connectivity index (χ2v) is 8.97. The SMILES string of the molecule is CCOc1cc(C2c3c(oc4ccccc4c3=O)C(=O)N2c2ncccn2)ccc1OCCC(C)C. The fourth-order valence-electron chi connectivity index (χ4n) is 4.34. The number of aromatic nitrogens is 2. The minimum Gasteiger partial charge on any atom is -0.490 e. The lowest BCUT2D eigenvalue weighted by molar-refractivity contribution is 0.0969. The third-order valence-electron chi connectivity index (χ3n) is 6.08. The lowest BCUT2D eigenvalue weighted by atomic mass is 9.98. The van der Waals surface area contributed by atoms with Crippen molar-refractivity contribution in [2.75, 3.05) is 18.1 Å². The standard InChI is InChI=1S/C28H27N3O5/c1-4-34-22-16-18(10-11-21(22)35-15-12-17(2)3)24-23-25(32)19-8-5-6-9-20(19)36-26(23)27(33)31(24)28-29-13-7-14-30-28/h5-11,13-14,16-17,24H,4,12,15H2,1-3H3. The minimum absolute atomic E-state index is 0.00799. The van der Waals surface area contributed by atoms with Gasteiger partial charge in [-0.05, 0) is 55.2 Å². The van der Waals surface area contributed by atoms with Gasteiger partial charge in [0.15, 0.2) is 16.9 Å². The molecule has 1 atom stereocenters. The summed E-state index contributed by atoms with van der Waals surface area (Å²) in [5.74, 6) is 1.36. The number of ether oxygens (including phenoxy) is 2. The van der Waals surface area contributed by atoms with Crippen LogP contribution in [0.3, 0.4) is 0 Å². The smallest absolute Gasteiger partial charge is 0.297 e. The molecular formula is C28H27N3O5. The largest absolute Gasteiger partial charge is 0.490 e. The summed E-state index contributed by atoms with van der Waals surface area (Å²) < 4.78 is 17.9. The van der Waals surface area contributed by atoms with Crippen molar-refractivity contribution >= 4 is 22.8 Å². The summed E-state index contributed by atoms with van der Waals surface area (Å²) in [6.07, 6.45) is 4.02. The summed E-state index contributed by atoms with van der Waals surface area (Å²) in [4.78, 5) is 37.3. The van der Waals surface area contributed by atoms with Gasteiger partial charge in [-0.3, -0.25) is 14.5 Å². The zero-order valence-corrected chi connectivity index (χ0v) is 20.4. The Morgan fingerprint density at radius 3 is 2.53 bits per heavy atom. The highest BCUT2D eigenvalue weighted by atomic mass is 16.5. The van der Waals surface area contributed by atoms with E-state index >= 15 is 0 Å². The quantitative estimate of drug-likeness (QED) is 0.340. The van der Waals surface area contributed by atoms with Gasteiger partial charge in [0.05, 0.1) is 30.2 Å².